The van der Waals surface area contributed by atoms with Crippen LogP contribution in [0, 0.1) is 0 Å². The maximum Gasteiger partial charge on any atom is 0.138 e. The maximum absolute atomic E-state index is 12.4. The second-order valence-electron chi connectivity index (χ2n) is 4.69. The fraction of sp³-hybridized carbons (Fsp3) is 0.375. The first-order valence-electron chi connectivity index (χ1n) is 6.76. The Morgan fingerprint density at radius 2 is 2.15 bits per heavy atom. The van der Waals surface area contributed by atoms with Crippen molar-refractivity contribution in [1.29, 1.82) is 0 Å². The maximum atomic E-state index is 12.4. The zero-order valence-electron chi connectivity index (χ0n) is 11.6. The lowest BCUT2D eigenvalue weighted by Gasteiger charge is -2.35. The molecule has 0 bridgehead atoms. The summed E-state index contributed by atoms with van der Waals surface area (Å²) in [5, 5.41) is 10.5. The van der Waals surface area contributed by atoms with E-state index >= 15 is 0 Å². The SMILES string of the molecule is C/C=C/[C@]1([C@@H](O)/C=C/c2ccccc2)SCCCS1=O. The van der Waals surface area contributed by atoms with Crippen LogP contribution in [-0.4, -0.2) is 31.0 Å². The van der Waals surface area contributed by atoms with E-state index in [9.17, 15) is 9.32 Å². The van der Waals surface area contributed by atoms with Crippen molar-refractivity contribution in [3.05, 3.63) is 54.1 Å². The van der Waals surface area contributed by atoms with Gasteiger partial charge in [0.05, 0.1) is 0 Å². The zero-order valence-corrected chi connectivity index (χ0v) is 13.2. The topological polar surface area (TPSA) is 37.3 Å². The first kappa shape index (κ1) is 15.5. The van der Waals surface area contributed by atoms with E-state index in [2.05, 4.69) is 0 Å². The average Bonchev–Trinajstić information content (AvgIpc) is 2.48. The summed E-state index contributed by atoms with van der Waals surface area (Å²) >= 11 is 1.60. The monoisotopic (exact) mass is 308 g/mol. The molecule has 4 heteroatoms. The van der Waals surface area contributed by atoms with Crippen LogP contribution in [0.25, 0.3) is 6.08 Å². The standard InChI is InChI=1S/C16H20O2S2/c1-2-11-16(19-12-6-13-20(16)18)15(17)10-9-14-7-4-3-5-8-14/h2-5,7-11,15,17H,6,12-13H2,1H3/b10-9+,11-2+/t15-,16-,20?/m0/s1. The molecule has 0 spiro atoms. The van der Waals surface area contributed by atoms with Gasteiger partial charge in [-0.05, 0) is 24.7 Å². The molecule has 0 saturated carbocycles. The summed E-state index contributed by atoms with van der Waals surface area (Å²) in [6.07, 6.45) is 7.63. The van der Waals surface area contributed by atoms with Crippen LogP contribution in [0.5, 0.6) is 0 Å². The lowest BCUT2D eigenvalue weighted by molar-refractivity contribution is 0.221. The van der Waals surface area contributed by atoms with E-state index in [4.69, 9.17) is 0 Å². The molecule has 1 fully saturated rings. The van der Waals surface area contributed by atoms with Gasteiger partial charge in [-0.2, -0.15) is 0 Å². The molecule has 2 rings (SSSR count). The largest absolute Gasteiger partial charge is 0.386 e. The van der Waals surface area contributed by atoms with Crippen molar-refractivity contribution < 1.29 is 9.32 Å². The molecule has 1 aromatic carbocycles. The van der Waals surface area contributed by atoms with Gasteiger partial charge in [0.1, 0.15) is 10.2 Å². The van der Waals surface area contributed by atoms with Crippen LogP contribution in [0.2, 0.25) is 0 Å². The van der Waals surface area contributed by atoms with Crippen molar-refractivity contribution in [2.24, 2.45) is 0 Å². The van der Waals surface area contributed by atoms with E-state index in [1.165, 1.54) is 0 Å². The quantitative estimate of drug-likeness (QED) is 0.868. The second kappa shape index (κ2) is 7.25. The molecule has 1 heterocycles. The van der Waals surface area contributed by atoms with E-state index in [1.807, 2.05) is 55.5 Å². The highest BCUT2D eigenvalue weighted by Gasteiger charge is 2.42. The molecule has 2 nitrogen and oxygen atoms in total. The molecule has 0 aromatic heterocycles. The predicted octanol–water partition coefficient (Wildman–Crippen LogP) is 3.22. The first-order valence-corrected chi connectivity index (χ1v) is 9.07. The summed E-state index contributed by atoms with van der Waals surface area (Å²) in [5.41, 5.74) is 1.04. The average molecular weight is 308 g/mol. The molecule has 1 aliphatic heterocycles. The van der Waals surface area contributed by atoms with Gasteiger partial charge in [-0.3, -0.25) is 4.21 Å². The highest BCUT2D eigenvalue weighted by Crippen LogP contribution is 2.39. The number of aliphatic hydroxyl groups excluding tert-OH is 1. The molecule has 1 aromatic rings. The van der Waals surface area contributed by atoms with Crippen molar-refractivity contribution in [1.82, 2.24) is 0 Å². The fourth-order valence-electron chi connectivity index (χ4n) is 2.22. The van der Waals surface area contributed by atoms with Crippen LogP contribution in [-0.2, 0) is 10.8 Å². The van der Waals surface area contributed by atoms with Gasteiger partial charge in [0.15, 0.2) is 0 Å². The Morgan fingerprint density at radius 3 is 2.80 bits per heavy atom. The fourth-order valence-corrected chi connectivity index (χ4v) is 5.88. The first-order chi connectivity index (χ1) is 9.69. The minimum atomic E-state index is -1.05. The molecule has 20 heavy (non-hydrogen) atoms. The molecule has 1 aliphatic rings. The summed E-state index contributed by atoms with van der Waals surface area (Å²) in [4.78, 5) is 0. The Morgan fingerprint density at radius 1 is 1.40 bits per heavy atom. The third-order valence-electron chi connectivity index (χ3n) is 3.24. The third kappa shape index (κ3) is 3.43. The van der Waals surface area contributed by atoms with Gasteiger partial charge in [-0.25, -0.2) is 0 Å². The summed E-state index contributed by atoms with van der Waals surface area (Å²) < 4.78 is 11.7. The Kier molecular flexibility index (Phi) is 5.64. The molecule has 0 amide bonds. The molecule has 108 valence electrons. The minimum Gasteiger partial charge on any atom is -0.386 e. The Hall–Kier alpha value is -0.840. The van der Waals surface area contributed by atoms with E-state index < -0.39 is 21.0 Å². The van der Waals surface area contributed by atoms with Crippen molar-refractivity contribution in [3.63, 3.8) is 0 Å². The Bertz CT molecular complexity index is 510. The number of thioether (sulfide) groups is 1. The third-order valence-corrected chi connectivity index (χ3v) is 7.22. The summed E-state index contributed by atoms with van der Waals surface area (Å²) in [5.74, 6) is 1.60. The molecular weight excluding hydrogens is 288 g/mol. The normalized spacial score (nSPS) is 29.0. The van der Waals surface area contributed by atoms with Gasteiger partial charge < -0.3 is 5.11 Å². The number of hydrogen-bond acceptors (Lipinski definition) is 3. The number of rotatable bonds is 4. The van der Waals surface area contributed by atoms with Gasteiger partial charge in [0.2, 0.25) is 0 Å². The van der Waals surface area contributed by atoms with Crippen LogP contribution in [0.1, 0.15) is 18.9 Å². The lowest BCUT2D eigenvalue weighted by atomic mass is 10.1. The highest BCUT2D eigenvalue weighted by molar-refractivity contribution is 8.13. The van der Waals surface area contributed by atoms with Crippen LogP contribution >= 0.6 is 11.8 Å². The van der Waals surface area contributed by atoms with Crippen molar-refractivity contribution in [2.75, 3.05) is 11.5 Å². The Balaban J connectivity index is 2.21. The molecule has 0 radical (unpaired) electrons. The van der Waals surface area contributed by atoms with Crippen LogP contribution in [0.15, 0.2) is 48.6 Å². The van der Waals surface area contributed by atoms with E-state index in [0.29, 0.717) is 5.75 Å². The van der Waals surface area contributed by atoms with Gasteiger partial charge >= 0.3 is 0 Å². The predicted molar refractivity (Wildman–Crippen MR) is 89.1 cm³/mol. The molecule has 1 saturated heterocycles. The zero-order chi connectivity index (χ0) is 14.4. The number of aliphatic hydroxyl groups is 1. The van der Waals surface area contributed by atoms with Gasteiger partial charge in [0.25, 0.3) is 0 Å². The van der Waals surface area contributed by atoms with E-state index in [0.717, 1.165) is 17.7 Å². The van der Waals surface area contributed by atoms with Gasteiger partial charge in [-0.1, -0.05) is 54.6 Å². The summed E-state index contributed by atoms with van der Waals surface area (Å²) in [7, 11) is -1.05. The smallest absolute Gasteiger partial charge is 0.138 e. The minimum absolute atomic E-state index is 0.660. The van der Waals surface area contributed by atoms with Crippen molar-refractivity contribution in [2.45, 2.75) is 23.5 Å². The number of hydrogen-bond donors (Lipinski definition) is 1. The highest BCUT2D eigenvalue weighted by atomic mass is 32.2. The van der Waals surface area contributed by atoms with E-state index in [-0.39, 0.29) is 0 Å². The van der Waals surface area contributed by atoms with Crippen LogP contribution in [0.4, 0.5) is 0 Å². The lowest BCUT2D eigenvalue weighted by Crippen LogP contribution is -2.44. The molecular formula is C16H20O2S2. The van der Waals surface area contributed by atoms with Crippen LogP contribution < -0.4 is 0 Å². The molecule has 1 N–H and O–H groups in total. The number of allylic oxidation sites excluding steroid dienone is 1. The number of benzene rings is 1. The van der Waals surface area contributed by atoms with Crippen molar-refractivity contribution >= 4 is 28.6 Å². The van der Waals surface area contributed by atoms with Crippen molar-refractivity contribution in [3.8, 4) is 0 Å². The second-order valence-corrected chi connectivity index (χ2v) is 8.09. The molecule has 1 unspecified atom stereocenters. The Labute approximate surface area is 127 Å². The van der Waals surface area contributed by atoms with E-state index in [1.54, 1.807) is 17.8 Å². The molecule has 3 atom stereocenters. The van der Waals surface area contributed by atoms with Crippen LogP contribution in [0.3, 0.4) is 0 Å². The van der Waals surface area contributed by atoms with Gasteiger partial charge in [0, 0.05) is 16.6 Å². The summed E-state index contributed by atoms with van der Waals surface area (Å²) in [6, 6.07) is 9.84. The molecule has 0 aliphatic carbocycles. The summed E-state index contributed by atoms with van der Waals surface area (Å²) in [6.45, 7) is 1.90. The van der Waals surface area contributed by atoms with Gasteiger partial charge in [-0.15, -0.1) is 11.8 Å².